The van der Waals surface area contributed by atoms with Gasteiger partial charge in [0.1, 0.15) is 6.10 Å². The largest absolute Gasteiger partial charge is 0.368 e. The van der Waals surface area contributed by atoms with Gasteiger partial charge in [-0.25, -0.2) is 0 Å². The van der Waals surface area contributed by atoms with E-state index in [9.17, 15) is 5.11 Å². The van der Waals surface area contributed by atoms with E-state index < -0.39 is 6.29 Å². The molecular formula is C12H16O3. The molecule has 1 N–H and O–H groups in total. The summed E-state index contributed by atoms with van der Waals surface area (Å²) >= 11 is 0. The van der Waals surface area contributed by atoms with Gasteiger partial charge in [-0.15, -0.1) is 0 Å². The molecule has 2 atom stereocenters. The number of rotatable bonds is 3. The second-order valence-electron chi connectivity index (χ2n) is 3.74. The molecule has 2 rings (SSSR count). The summed E-state index contributed by atoms with van der Waals surface area (Å²) in [7, 11) is 0. The van der Waals surface area contributed by atoms with Gasteiger partial charge in [-0.3, -0.25) is 0 Å². The summed E-state index contributed by atoms with van der Waals surface area (Å²) < 4.78 is 10.7. The normalized spacial score (nSPS) is 26.5. The van der Waals surface area contributed by atoms with E-state index in [-0.39, 0.29) is 6.10 Å². The van der Waals surface area contributed by atoms with Crippen LogP contribution in [0.4, 0.5) is 0 Å². The predicted molar refractivity (Wildman–Crippen MR) is 56.2 cm³/mol. The molecule has 0 aliphatic carbocycles. The van der Waals surface area contributed by atoms with Crippen molar-refractivity contribution in [2.45, 2.75) is 31.8 Å². The molecule has 1 heterocycles. The van der Waals surface area contributed by atoms with Crippen LogP contribution in [0.1, 0.15) is 18.4 Å². The fraction of sp³-hybridized carbons (Fsp3) is 0.500. The van der Waals surface area contributed by atoms with Crippen LogP contribution in [0, 0.1) is 0 Å². The lowest BCUT2D eigenvalue weighted by molar-refractivity contribution is -0.205. The highest BCUT2D eigenvalue weighted by Gasteiger charge is 2.24. The molecule has 82 valence electrons. The third-order valence-corrected chi connectivity index (χ3v) is 2.55. The molecular weight excluding hydrogens is 192 g/mol. The average Bonchev–Trinajstić information content (AvgIpc) is 2.29. The van der Waals surface area contributed by atoms with Crippen molar-refractivity contribution in [3.8, 4) is 0 Å². The zero-order valence-corrected chi connectivity index (χ0v) is 8.63. The lowest BCUT2D eigenvalue weighted by Crippen LogP contribution is -2.35. The van der Waals surface area contributed by atoms with E-state index in [4.69, 9.17) is 9.47 Å². The molecule has 0 spiro atoms. The van der Waals surface area contributed by atoms with Gasteiger partial charge in [0.15, 0.2) is 6.29 Å². The van der Waals surface area contributed by atoms with Crippen LogP contribution >= 0.6 is 0 Å². The number of aliphatic hydroxyl groups excluding tert-OH is 1. The van der Waals surface area contributed by atoms with Crippen LogP contribution in [0.25, 0.3) is 0 Å². The first kappa shape index (κ1) is 10.6. The Morgan fingerprint density at radius 2 is 2.13 bits per heavy atom. The summed E-state index contributed by atoms with van der Waals surface area (Å²) in [6, 6.07) is 9.95. The van der Waals surface area contributed by atoms with E-state index in [2.05, 4.69) is 0 Å². The maximum absolute atomic E-state index is 9.50. The second kappa shape index (κ2) is 5.26. The minimum absolute atomic E-state index is 0.182. The Morgan fingerprint density at radius 1 is 1.33 bits per heavy atom. The van der Waals surface area contributed by atoms with Gasteiger partial charge in [0.25, 0.3) is 0 Å². The smallest absolute Gasteiger partial charge is 0.181 e. The van der Waals surface area contributed by atoms with E-state index in [0.29, 0.717) is 13.2 Å². The molecule has 0 saturated carbocycles. The number of hydrogen-bond donors (Lipinski definition) is 1. The lowest BCUT2D eigenvalue weighted by atomic mass is 10.1. The summed E-state index contributed by atoms with van der Waals surface area (Å²) in [5, 5.41) is 9.50. The van der Waals surface area contributed by atoms with Crippen LogP contribution in [0.15, 0.2) is 30.3 Å². The molecule has 1 saturated heterocycles. The zero-order chi connectivity index (χ0) is 10.5. The van der Waals surface area contributed by atoms with Crippen molar-refractivity contribution in [1.29, 1.82) is 0 Å². The van der Waals surface area contributed by atoms with Crippen molar-refractivity contribution in [1.82, 2.24) is 0 Å². The molecule has 1 unspecified atom stereocenters. The predicted octanol–water partition coefficient (Wildman–Crippen LogP) is 1.70. The molecule has 15 heavy (non-hydrogen) atoms. The fourth-order valence-electron chi connectivity index (χ4n) is 1.68. The SMILES string of the molecule is OC1OCCC[C@@H]1OCc1ccccc1. The van der Waals surface area contributed by atoms with Gasteiger partial charge in [0.05, 0.1) is 6.61 Å². The Kier molecular flexibility index (Phi) is 3.72. The van der Waals surface area contributed by atoms with E-state index >= 15 is 0 Å². The van der Waals surface area contributed by atoms with Crippen LogP contribution in [-0.4, -0.2) is 24.1 Å². The van der Waals surface area contributed by atoms with Crippen molar-refractivity contribution in [2.24, 2.45) is 0 Å². The number of hydrogen-bond acceptors (Lipinski definition) is 3. The van der Waals surface area contributed by atoms with E-state index in [1.807, 2.05) is 30.3 Å². The van der Waals surface area contributed by atoms with E-state index in [1.165, 1.54) is 0 Å². The Morgan fingerprint density at radius 3 is 2.87 bits per heavy atom. The zero-order valence-electron chi connectivity index (χ0n) is 8.63. The van der Waals surface area contributed by atoms with Gasteiger partial charge in [-0.05, 0) is 18.4 Å². The Labute approximate surface area is 89.6 Å². The average molecular weight is 208 g/mol. The van der Waals surface area contributed by atoms with E-state index in [0.717, 1.165) is 18.4 Å². The van der Waals surface area contributed by atoms with Gasteiger partial charge in [0, 0.05) is 6.61 Å². The molecule has 1 aromatic carbocycles. The summed E-state index contributed by atoms with van der Waals surface area (Å²) in [6.07, 6.45) is 0.881. The molecule has 1 aliphatic heterocycles. The van der Waals surface area contributed by atoms with Crippen molar-refractivity contribution in [2.75, 3.05) is 6.61 Å². The summed E-state index contributed by atoms with van der Waals surface area (Å²) in [5.41, 5.74) is 1.12. The molecule has 0 aromatic heterocycles. The third-order valence-electron chi connectivity index (χ3n) is 2.55. The highest BCUT2D eigenvalue weighted by atomic mass is 16.6. The molecule has 3 heteroatoms. The van der Waals surface area contributed by atoms with Gasteiger partial charge in [-0.1, -0.05) is 30.3 Å². The summed E-state index contributed by atoms with van der Waals surface area (Å²) in [4.78, 5) is 0. The van der Waals surface area contributed by atoms with Crippen LogP contribution in [0.2, 0.25) is 0 Å². The topological polar surface area (TPSA) is 38.7 Å². The van der Waals surface area contributed by atoms with Crippen LogP contribution in [0.5, 0.6) is 0 Å². The van der Waals surface area contributed by atoms with Crippen molar-refractivity contribution < 1.29 is 14.6 Å². The van der Waals surface area contributed by atoms with Crippen molar-refractivity contribution in [3.05, 3.63) is 35.9 Å². The lowest BCUT2D eigenvalue weighted by Gasteiger charge is -2.27. The minimum Gasteiger partial charge on any atom is -0.368 e. The Balaban J connectivity index is 1.82. The standard InChI is InChI=1S/C12H16O3/c13-12-11(7-4-8-14-12)15-9-10-5-2-1-3-6-10/h1-3,5-6,11-13H,4,7-9H2/t11-,12?/m0/s1. The Hall–Kier alpha value is -0.900. The third kappa shape index (κ3) is 3.02. The Bertz CT molecular complexity index is 286. The molecule has 0 radical (unpaired) electrons. The maximum atomic E-state index is 9.50. The van der Waals surface area contributed by atoms with Gasteiger partial charge in [0.2, 0.25) is 0 Å². The quantitative estimate of drug-likeness (QED) is 0.821. The first-order valence-corrected chi connectivity index (χ1v) is 5.31. The minimum atomic E-state index is -0.762. The molecule has 1 aromatic rings. The van der Waals surface area contributed by atoms with Gasteiger partial charge in [-0.2, -0.15) is 0 Å². The first-order valence-electron chi connectivity index (χ1n) is 5.31. The first-order chi connectivity index (χ1) is 7.36. The molecule has 3 nitrogen and oxygen atoms in total. The molecule has 0 amide bonds. The highest BCUT2D eigenvalue weighted by Crippen LogP contribution is 2.16. The van der Waals surface area contributed by atoms with Crippen LogP contribution in [-0.2, 0) is 16.1 Å². The fourth-order valence-corrected chi connectivity index (χ4v) is 1.68. The molecule has 1 fully saturated rings. The van der Waals surface area contributed by atoms with Gasteiger partial charge >= 0.3 is 0 Å². The highest BCUT2D eigenvalue weighted by molar-refractivity contribution is 5.13. The second-order valence-corrected chi connectivity index (χ2v) is 3.74. The van der Waals surface area contributed by atoms with Crippen LogP contribution in [0.3, 0.4) is 0 Å². The monoisotopic (exact) mass is 208 g/mol. The summed E-state index contributed by atoms with van der Waals surface area (Å²) in [6.45, 7) is 1.16. The summed E-state index contributed by atoms with van der Waals surface area (Å²) in [5.74, 6) is 0. The number of benzene rings is 1. The van der Waals surface area contributed by atoms with Gasteiger partial charge < -0.3 is 14.6 Å². The van der Waals surface area contributed by atoms with Crippen molar-refractivity contribution >= 4 is 0 Å². The maximum Gasteiger partial charge on any atom is 0.181 e. The van der Waals surface area contributed by atoms with Crippen LogP contribution < -0.4 is 0 Å². The number of ether oxygens (including phenoxy) is 2. The molecule has 0 bridgehead atoms. The van der Waals surface area contributed by atoms with Crippen molar-refractivity contribution in [3.63, 3.8) is 0 Å². The number of aliphatic hydroxyl groups is 1. The van der Waals surface area contributed by atoms with E-state index in [1.54, 1.807) is 0 Å². The molecule has 1 aliphatic rings.